The van der Waals surface area contributed by atoms with Gasteiger partial charge in [-0.2, -0.15) is 0 Å². The first kappa shape index (κ1) is 16.8. The summed E-state index contributed by atoms with van der Waals surface area (Å²) < 4.78 is 6.18. The van der Waals surface area contributed by atoms with Crippen LogP contribution in [-0.4, -0.2) is 37.0 Å². The monoisotopic (exact) mass is 304 g/mol. The predicted molar refractivity (Wildman–Crippen MR) is 88.9 cm³/mol. The number of ether oxygens (including phenoxy) is 1. The molecule has 0 bridgehead atoms. The lowest BCUT2D eigenvalue weighted by Crippen LogP contribution is -2.34. The molecule has 1 N–H and O–H groups in total. The fourth-order valence-electron chi connectivity index (χ4n) is 2.89. The Bertz CT molecular complexity index is 484. The largest absolute Gasteiger partial charge is 0.490 e. The number of hydrogen-bond acceptors (Lipinski definition) is 3. The van der Waals surface area contributed by atoms with Crippen molar-refractivity contribution >= 4 is 5.91 Å². The van der Waals surface area contributed by atoms with Crippen molar-refractivity contribution < 1.29 is 9.53 Å². The van der Waals surface area contributed by atoms with Gasteiger partial charge in [-0.3, -0.25) is 9.69 Å². The fraction of sp³-hybridized carbons (Fsp3) is 0.611. The second-order valence-electron chi connectivity index (χ2n) is 6.27. The molecule has 4 heteroatoms. The lowest BCUT2D eigenvalue weighted by atomic mass is 10.1. The van der Waals surface area contributed by atoms with Crippen LogP contribution in [0.4, 0.5) is 0 Å². The molecule has 0 aromatic heterocycles. The molecule has 122 valence electrons. The summed E-state index contributed by atoms with van der Waals surface area (Å²) in [5.74, 6) is 1.07. The van der Waals surface area contributed by atoms with Gasteiger partial charge in [0, 0.05) is 31.6 Å². The number of benzene rings is 1. The van der Waals surface area contributed by atoms with Gasteiger partial charge >= 0.3 is 0 Å². The van der Waals surface area contributed by atoms with Crippen LogP contribution in [0.2, 0.25) is 0 Å². The van der Waals surface area contributed by atoms with E-state index in [2.05, 4.69) is 36.3 Å². The van der Waals surface area contributed by atoms with Gasteiger partial charge in [0.15, 0.2) is 0 Å². The highest BCUT2D eigenvalue weighted by Gasteiger charge is 2.19. The van der Waals surface area contributed by atoms with E-state index in [1.54, 1.807) is 7.05 Å². The number of hydrogen-bond donors (Lipinski definition) is 1. The van der Waals surface area contributed by atoms with Crippen LogP contribution in [0.15, 0.2) is 24.3 Å². The number of para-hydroxylation sites is 1. The summed E-state index contributed by atoms with van der Waals surface area (Å²) in [5, 5.41) is 2.68. The Balaban J connectivity index is 1.97. The number of amides is 1. The van der Waals surface area contributed by atoms with Gasteiger partial charge in [0.1, 0.15) is 5.75 Å². The van der Waals surface area contributed by atoms with Gasteiger partial charge in [-0.05, 0) is 45.7 Å². The summed E-state index contributed by atoms with van der Waals surface area (Å²) in [6.45, 7) is 2.87. The number of rotatable bonds is 7. The molecule has 1 aliphatic carbocycles. The molecule has 1 amide bonds. The highest BCUT2D eigenvalue weighted by atomic mass is 16.5. The van der Waals surface area contributed by atoms with E-state index in [0.717, 1.165) is 25.1 Å². The first-order valence-corrected chi connectivity index (χ1v) is 8.25. The minimum Gasteiger partial charge on any atom is -0.490 e. The minimum absolute atomic E-state index is 0.0786. The van der Waals surface area contributed by atoms with Gasteiger partial charge in [0.2, 0.25) is 5.91 Å². The number of carbonyl (C=O) groups excluding carboxylic acids is 1. The molecule has 1 atom stereocenters. The Kier molecular flexibility index (Phi) is 6.25. The van der Waals surface area contributed by atoms with Crippen LogP contribution in [-0.2, 0) is 11.3 Å². The molecule has 1 aromatic rings. The first-order chi connectivity index (χ1) is 10.6. The summed E-state index contributed by atoms with van der Waals surface area (Å²) in [6, 6.07) is 8.45. The first-order valence-electron chi connectivity index (χ1n) is 8.25. The summed E-state index contributed by atoms with van der Waals surface area (Å²) >= 11 is 0. The summed E-state index contributed by atoms with van der Waals surface area (Å²) in [4.78, 5) is 13.7. The molecule has 4 nitrogen and oxygen atoms in total. The third-order valence-electron chi connectivity index (χ3n) is 4.50. The van der Waals surface area contributed by atoms with Crippen LogP contribution in [0.5, 0.6) is 5.75 Å². The van der Waals surface area contributed by atoms with Crippen LogP contribution in [0.1, 0.15) is 44.6 Å². The van der Waals surface area contributed by atoms with Crippen molar-refractivity contribution in [3.8, 4) is 5.75 Å². The molecular weight excluding hydrogens is 276 g/mol. The molecule has 2 rings (SSSR count). The van der Waals surface area contributed by atoms with E-state index in [1.807, 2.05) is 12.1 Å². The molecule has 1 fully saturated rings. The van der Waals surface area contributed by atoms with Crippen LogP contribution >= 0.6 is 0 Å². The van der Waals surface area contributed by atoms with Crippen molar-refractivity contribution in [2.24, 2.45) is 0 Å². The van der Waals surface area contributed by atoms with Crippen molar-refractivity contribution in [1.82, 2.24) is 10.2 Å². The van der Waals surface area contributed by atoms with E-state index in [1.165, 1.54) is 18.4 Å². The van der Waals surface area contributed by atoms with Gasteiger partial charge in [-0.15, -0.1) is 0 Å². The van der Waals surface area contributed by atoms with Crippen LogP contribution < -0.4 is 10.1 Å². The smallest absolute Gasteiger partial charge is 0.221 e. The Hall–Kier alpha value is -1.55. The average molecular weight is 304 g/mol. The minimum atomic E-state index is 0.0786. The highest BCUT2D eigenvalue weighted by molar-refractivity contribution is 5.76. The fourth-order valence-corrected chi connectivity index (χ4v) is 2.89. The van der Waals surface area contributed by atoms with Crippen molar-refractivity contribution in [2.45, 2.75) is 57.7 Å². The third kappa shape index (κ3) is 4.73. The van der Waals surface area contributed by atoms with Crippen molar-refractivity contribution in [2.75, 3.05) is 14.1 Å². The van der Waals surface area contributed by atoms with E-state index >= 15 is 0 Å². The second kappa shape index (κ2) is 8.18. The topological polar surface area (TPSA) is 41.6 Å². The lowest BCUT2D eigenvalue weighted by molar-refractivity contribution is -0.121. The zero-order chi connectivity index (χ0) is 15.9. The van der Waals surface area contributed by atoms with Crippen LogP contribution in [0.3, 0.4) is 0 Å². The molecular formula is C18H28N2O2. The summed E-state index contributed by atoms with van der Waals surface area (Å²) in [7, 11) is 3.74. The van der Waals surface area contributed by atoms with E-state index < -0.39 is 0 Å². The van der Waals surface area contributed by atoms with Crippen LogP contribution in [0, 0.1) is 0 Å². The maximum absolute atomic E-state index is 11.5. The zero-order valence-electron chi connectivity index (χ0n) is 14.0. The van der Waals surface area contributed by atoms with Crippen molar-refractivity contribution in [3.63, 3.8) is 0 Å². The molecule has 22 heavy (non-hydrogen) atoms. The summed E-state index contributed by atoms with van der Waals surface area (Å²) in [5.41, 5.74) is 1.20. The molecule has 0 aliphatic heterocycles. The maximum atomic E-state index is 11.5. The van der Waals surface area contributed by atoms with Gasteiger partial charge in [0.25, 0.3) is 0 Å². The average Bonchev–Trinajstić information content (AvgIpc) is 3.02. The van der Waals surface area contributed by atoms with E-state index in [0.29, 0.717) is 12.5 Å². The van der Waals surface area contributed by atoms with Gasteiger partial charge in [-0.25, -0.2) is 0 Å². The molecule has 0 heterocycles. The normalized spacial score (nSPS) is 16.7. The standard InChI is InChI=1S/C18H28N2O2/c1-14(12-18(21)19-2)20(3)13-15-8-4-7-11-17(15)22-16-9-5-6-10-16/h4,7-8,11,14,16H,5-6,9-10,12-13H2,1-3H3,(H,19,21)/t14-/m0/s1. The molecule has 0 saturated heterocycles. The Morgan fingerprint density at radius 1 is 1.36 bits per heavy atom. The third-order valence-corrected chi connectivity index (χ3v) is 4.50. The van der Waals surface area contributed by atoms with Gasteiger partial charge in [-0.1, -0.05) is 18.2 Å². The molecule has 1 aromatic carbocycles. The SMILES string of the molecule is CNC(=O)C[C@H](C)N(C)Cc1ccccc1OC1CCCC1. The Labute approximate surface area is 133 Å². The van der Waals surface area contributed by atoms with Crippen molar-refractivity contribution in [1.29, 1.82) is 0 Å². The molecule has 0 unspecified atom stereocenters. The van der Waals surface area contributed by atoms with Gasteiger partial charge < -0.3 is 10.1 Å². The number of nitrogens with one attached hydrogen (secondary N) is 1. The summed E-state index contributed by atoms with van der Waals surface area (Å²) in [6.07, 6.45) is 5.76. The quantitative estimate of drug-likeness (QED) is 0.842. The van der Waals surface area contributed by atoms with Crippen molar-refractivity contribution in [3.05, 3.63) is 29.8 Å². The lowest BCUT2D eigenvalue weighted by Gasteiger charge is -2.25. The maximum Gasteiger partial charge on any atom is 0.221 e. The van der Waals surface area contributed by atoms with E-state index in [4.69, 9.17) is 4.74 Å². The van der Waals surface area contributed by atoms with E-state index in [9.17, 15) is 4.79 Å². The number of nitrogens with zero attached hydrogens (tertiary/aromatic N) is 1. The van der Waals surface area contributed by atoms with Gasteiger partial charge in [0.05, 0.1) is 6.10 Å². The Morgan fingerprint density at radius 3 is 2.73 bits per heavy atom. The molecule has 1 saturated carbocycles. The molecule has 0 radical (unpaired) electrons. The molecule has 0 spiro atoms. The Morgan fingerprint density at radius 2 is 2.05 bits per heavy atom. The zero-order valence-corrected chi connectivity index (χ0v) is 14.0. The van der Waals surface area contributed by atoms with Crippen LogP contribution in [0.25, 0.3) is 0 Å². The van der Waals surface area contributed by atoms with E-state index in [-0.39, 0.29) is 11.9 Å². The predicted octanol–water partition coefficient (Wildman–Crippen LogP) is 2.96. The highest BCUT2D eigenvalue weighted by Crippen LogP contribution is 2.27. The molecule has 1 aliphatic rings. The number of carbonyl (C=O) groups is 1. The second-order valence-corrected chi connectivity index (χ2v) is 6.27.